The summed E-state index contributed by atoms with van der Waals surface area (Å²) in [4.78, 5) is 26.4. The van der Waals surface area contributed by atoms with Crippen LogP contribution >= 0.6 is 0 Å². The van der Waals surface area contributed by atoms with Crippen LogP contribution < -0.4 is 0 Å². The van der Waals surface area contributed by atoms with Gasteiger partial charge in [-0.25, -0.2) is 0 Å². The summed E-state index contributed by atoms with van der Waals surface area (Å²) in [5.41, 5.74) is -0.687. The molecule has 3 aliphatic rings. The zero-order valence-electron chi connectivity index (χ0n) is 11.5. The summed E-state index contributed by atoms with van der Waals surface area (Å²) in [6, 6.07) is 3.61. The fourth-order valence-corrected chi connectivity index (χ4v) is 3.71. The summed E-state index contributed by atoms with van der Waals surface area (Å²) in [6.45, 7) is 0.831. The molecule has 0 N–H and O–H groups in total. The molecule has 1 aromatic heterocycles. The van der Waals surface area contributed by atoms with Crippen LogP contribution in [0.3, 0.4) is 0 Å². The Morgan fingerprint density at radius 2 is 2.43 bits per heavy atom. The molecule has 1 aromatic rings. The Morgan fingerprint density at radius 3 is 3.14 bits per heavy atom. The van der Waals surface area contributed by atoms with Crippen LogP contribution in [0, 0.1) is 11.8 Å². The summed E-state index contributed by atoms with van der Waals surface area (Å²) < 4.78 is 16.1. The van der Waals surface area contributed by atoms with E-state index in [0.717, 1.165) is 0 Å². The number of ether oxygens (including phenoxy) is 2. The van der Waals surface area contributed by atoms with E-state index in [2.05, 4.69) is 0 Å². The van der Waals surface area contributed by atoms with Gasteiger partial charge in [0.05, 0.1) is 38.5 Å². The molecule has 2 saturated heterocycles. The van der Waals surface area contributed by atoms with Crippen molar-refractivity contribution in [2.75, 3.05) is 13.7 Å². The van der Waals surface area contributed by atoms with E-state index in [1.807, 2.05) is 18.2 Å². The fraction of sp³-hybridized carbons (Fsp3) is 0.467. The Morgan fingerprint density at radius 1 is 1.57 bits per heavy atom. The lowest BCUT2D eigenvalue weighted by molar-refractivity contribution is -0.151. The number of fused-ring (bicyclic) bond motifs is 1. The van der Waals surface area contributed by atoms with Gasteiger partial charge in [0.2, 0.25) is 5.91 Å². The highest BCUT2D eigenvalue weighted by molar-refractivity contribution is 5.91. The van der Waals surface area contributed by atoms with E-state index in [4.69, 9.17) is 13.9 Å². The van der Waals surface area contributed by atoms with Gasteiger partial charge < -0.3 is 18.8 Å². The first kappa shape index (κ1) is 12.6. The number of amides is 1. The Balaban J connectivity index is 1.64. The highest BCUT2D eigenvalue weighted by Crippen LogP contribution is 2.52. The van der Waals surface area contributed by atoms with Gasteiger partial charge in [0.25, 0.3) is 0 Å². The Labute approximate surface area is 121 Å². The third-order valence-corrected chi connectivity index (χ3v) is 4.58. The molecular weight excluding hydrogens is 274 g/mol. The molecule has 21 heavy (non-hydrogen) atoms. The minimum absolute atomic E-state index is 0.0753. The second-order valence-electron chi connectivity index (χ2n) is 5.70. The van der Waals surface area contributed by atoms with E-state index in [9.17, 15) is 9.59 Å². The normalized spacial score (nSPS) is 36.3. The predicted molar refractivity (Wildman–Crippen MR) is 69.9 cm³/mol. The molecule has 2 fully saturated rings. The average Bonchev–Trinajstić information content (AvgIpc) is 3.22. The number of hydrogen-bond acceptors (Lipinski definition) is 5. The molecule has 0 radical (unpaired) electrons. The van der Waals surface area contributed by atoms with Gasteiger partial charge in [-0.05, 0) is 12.1 Å². The van der Waals surface area contributed by atoms with Crippen molar-refractivity contribution < 1.29 is 23.5 Å². The summed E-state index contributed by atoms with van der Waals surface area (Å²) in [6.07, 6.45) is 5.01. The number of carbonyl (C=O) groups is 2. The number of esters is 1. The minimum atomic E-state index is -0.687. The molecule has 1 amide bonds. The van der Waals surface area contributed by atoms with Crippen molar-refractivity contribution in [2.24, 2.45) is 11.8 Å². The van der Waals surface area contributed by atoms with Crippen molar-refractivity contribution >= 4 is 11.9 Å². The molecule has 4 heterocycles. The monoisotopic (exact) mass is 289 g/mol. The Bertz CT molecular complexity index is 622. The molecule has 2 bridgehead atoms. The van der Waals surface area contributed by atoms with Gasteiger partial charge in [0, 0.05) is 0 Å². The molecule has 1 spiro atoms. The van der Waals surface area contributed by atoms with Gasteiger partial charge in [0.1, 0.15) is 17.3 Å². The highest BCUT2D eigenvalue weighted by atomic mass is 16.5. The topological polar surface area (TPSA) is 69.0 Å². The van der Waals surface area contributed by atoms with Crippen LogP contribution in [0.1, 0.15) is 5.76 Å². The number of hydrogen-bond donors (Lipinski definition) is 0. The molecule has 110 valence electrons. The lowest BCUT2D eigenvalue weighted by Crippen LogP contribution is -2.39. The standard InChI is InChI=1S/C15H15NO5/c1-19-14(18)11-10-4-5-15(21-10)8-16(13(17)12(11)15)7-9-3-2-6-20-9/h2-6,10-12H,7-8H2,1H3/t10-,11+,12-,15+/m0/s1. The maximum atomic E-state index is 12.7. The molecule has 0 saturated carbocycles. The molecule has 4 atom stereocenters. The van der Waals surface area contributed by atoms with Gasteiger partial charge in [0.15, 0.2) is 0 Å². The molecule has 0 unspecified atom stereocenters. The molecule has 4 rings (SSSR count). The smallest absolute Gasteiger partial charge is 0.312 e. The molecule has 3 aliphatic heterocycles. The third-order valence-electron chi connectivity index (χ3n) is 4.58. The third kappa shape index (κ3) is 1.62. The lowest BCUT2D eigenvalue weighted by Gasteiger charge is -2.22. The molecule has 0 aliphatic carbocycles. The SMILES string of the molecule is COC(=O)[C@@H]1[C@@H]2C=C[C@]3(CN(Cc4ccco4)C(=O)[C@H]13)O2. The average molecular weight is 289 g/mol. The van der Waals surface area contributed by atoms with Crippen LogP contribution in [-0.2, 0) is 25.6 Å². The summed E-state index contributed by atoms with van der Waals surface area (Å²) in [7, 11) is 1.34. The van der Waals surface area contributed by atoms with Gasteiger partial charge >= 0.3 is 5.97 Å². The Kier molecular flexibility index (Phi) is 2.53. The first-order chi connectivity index (χ1) is 10.1. The number of methoxy groups -OCH3 is 1. The van der Waals surface area contributed by atoms with Crippen LogP contribution in [-0.4, -0.2) is 42.1 Å². The Hall–Kier alpha value is -2.08. The maximum Gasteiger partial charge on any atom is 0.312 e. The van der Waals surface area contributed by atoms with E-state index < -0.39 is 17.4 Å². The number of nitrogens with zero attached hydrogens (tertiary/aromatic N) is 1. The van der Waals surface area contributed by atoms with Gasteiger partial charge in [-0.2, -0.15) is 0 Å². The van der Waals surface area contributed by atoms with Crippen molar-refractivity contribution in [3.63, 3.8) is 0 Å². The first-order valence-corrected chi connectivity index (χ1v) is 6.91. The van der Waals surface area contributed by atoms with Gasteiger partial charge in [-0.15, -0.1) is 0 Å². The zero-order chi connectivity index (χ0) is 14.6. The van der Waals surface area contributed by atoms with Crippen molar-refractivity contribution in [3.05, 3.63) is 36.3 Å². The van der Waals surface area contributed by atoms with Crippen molar-refractivity contribution in [3.8, 4) is 0 Å². The van der Waals surface area contributed by atoms with Crippen LogP contribution in [0.15, 0.2) is 35.0 Å². The van der Waals surface area contributed by atoms with Crippen molar-refractivity contribution in [2.45, 2.75) is 18.2 Å². The van der Waals surface area contributed by atoms with Crippen LogP contribution in [0.25, 0.3) is 0 Å². The summed E-state index contributed by atoms with van der Waals surface area (Å²) >= 11 is 0. The predicted octanol–water partition coefficient (Wildman–Crippen LogP) is 0.735. The van der Waals surface area contributed by atoms with Crippen LogP contribution in [0.4, 0.5) is 0 Å². The van der Waals surface area contributed by atoms with E-state index >= 15 is 0 Å². The number of rotatable bonds is 3. The van der Waals surface area contributed by atoms with E-state index in [1.54, 1.807) is 17.2 Å². The van der Waals surface area contributed by atoms with Gasteiger partial charge in [-0.1, -0.05) is 12.2 Å². The molecule has 0 aromatic carbocycles. The second kappa shape index (κ2) is 4.21. The summed E-state index contributed by atoms with van der Waals surface area (Å²) in [5, 5.41) is 0. The largest absolute Gasteiger partial charge is 0.469 e. The molecule has 6 heteroatoms. The molecular formula is C15H15NO5. The number of carbonyl (C=O) groups excluding carboxylic acids is 2. The van der Waals surface area contributed by atoms with E-state index in [-0.39, 0.29) is 18.0 Å². The number of likely N-dealkylation sites (tertiary alicyclic amines) is 1. The maximum absolute atomic E-state index is 12.7. The fourth-order valence-electron chi connectivity index (χ4n) is 3.71. The minimum Gasteiger partial charge on any atom is -0.469 e. The summed E-state index contributed by atoms with van der Waals surface area (Å²) in [5.74, 6) is -0.782. The first-order valence-electron chi connectivity index (χ1n) is 6.91. The lowest BCUT2D eigenvalue weighted by atomic mass is 9.77. The highest BCUT2D eigenvalue weighted by Gasteiger charge is 2.67. The number of furan rings is 1. The van der Waals surface area contributed by atoms with Crippen LogP contribution in [0.2, 0.25) is 0 Å². The van der Waals surface area contributed by atoms with Crippen molar-refractivity contribution in [1.82, 2.24) is 4.90 Å². The van der Waals surface area contributed by atoms with Crippen LogP contribution in [0.5, 0.6) is 0 Å². The quantitative estimate of drug-likeness (QED) is 0.606. The zero-order valence-corrected chi connectivity index (χ0v) is 11.5. The van der Waals surface area contributed by atoms with Crippen molar-refractivity contribution in [1.29, 1.82) is 0 Å². The van der Waals surface area contributed by atoms with E-state index in [0.29, 0.717) is 18.8 Å². The van der Waals surface area contributed by atoms with Gasteiger partial charge in [-0.3, -0.25) is 9.59 Å². The van der Waals surface area contributed by atoms with E-state index in [1.165, 1.54) is 7.11 Å². The second-order valence-corrected chi connectivity index (χ2v) is 5.70. The molecule has 6 nitrogen and oxygen atoms in total.